The van der Waals surface area contributed by atoms with Crippen molar-refractivity contribution in [1.29, 1.82) is 0 Å². The number of nitrogens with zero attached hydrogens (tertiary/aromatic N) is 1. The molecule has 4 rings (SSSR count). The first-order valence-electron chi connectivity index (χ1n) is 7.37. The van der Waals surface area contributed by atoms with Gasteiger partial charge in [-0.2, -0.15) is 13.2 Å². The minimum Gasteiger partial charge on any atom is -0.308 e. The first-order valence-corrected chi connectivity index (χ1v) is 8.19. The number of benzene rings is 3. The average Bonchev–Trinajstić information content (AvgIpc) is 2.59. The molecule has 5 heteroatoms. The third kappa shape index (κ3) is 2.55. The van der Waals surface area contributed by atoms with Gasteiger partial charge in [-0.3, -0.25) is 0 Å². The van der Waals surface area contributed by atoms with E-state index < -0.39 is 11.7 Å². The quantitative estimate of drug-likeness (QED) is 0.381. The molecule has 0 aromatic heterocycles. The molecule has 0 saturated heterocycles. The SMILES string of the molecule is FC(F)(F)c1ccc2c(c1)N(c1ccccc1)c1ccccc1S2. The van der Waals surface area contributed by atoms with E-state index in [1.165, 1.54) is 17.8 Å². The van der Waals surface area contributed by atoms with Gasteiger partial charge < -0.3 is 4.90 Å². The Hall–Kier alpha value is -2.40. The number of rotatable bonds is 1. The molecule has 3 aromatic rings. The molecular formula is C19H12F3NS. The highest BCUT2D eigenvalue weighted by atomic mass is 32.2. The Balaban J connectivity index is 1.95. The lowest BCUT2D eigenvalue weighted by molar-refractivity contribution is -0.137. The third-order valence-electron chi connectivity index (χ3n) is 3.87. The molecule has 120 valence electrons. The van der Waals surface area contributed by atoms with Gasteiger partial charge >= 0.3 is 6.18 Å². The van der Waals surface area contributed by atoms with Gasteiger partial charge in [0.1, 0.15) is 0 Å². The van der Waals surface area contributed by atoms with Gasteiger partial charge in [-0.15, -0.1) is 0 Å². The van der Waals surface area contributed by atoms with Crippen LogP contribution in [0, 0.1) is 0 Å². The molecule has 1 aliphatic rings. The summed E-state index contributed by atoms with van der Waals surface area (Å²) >= 11 is 1.49. The highest BCUT2D eigenvalue weighted by molar-refractivity contribution is 7.99. The number of alkyl halides is 3. The Labute approximate surface area is 141 Å². The predicted molar refractivity (Wildman–Crippen MR) is 90.3 cm³/mol. The first-order chi connectivity index (χ1) is 11.5. The number of anilines is 3. The molecule has 0 unspecified atom stereocenters. The predicted octanol–water partition coefficient (Wildman–Crippen LogP) is 6.64. The van der Waals surface area contributed by atoms with Gasteiger partial charge in [0, 0.05) is 15.5 Å². The molecule has 1 aliphatic heterocycles. The summed E-state index contributed by atoms with van der Waals surface area (Å²) in [5.74, 6) is 0. The maximum Gasteiger partial charge on any atom is 0.416 e. The minimum absolute atomic E-state index is 0.555. The molecule has 0 bridgehead atoms. The highest BCUT2D eigenvalue weighted by Crippen LogP contribution is 2.52. The van der Waals surface area contributed by atoms with Crippen LogP contribution < -0.4 is 4.90 Å². The molecular weight excluding hydrogens is 331 g/mol. The van der Waals surface area contributed by atoms with Gasteiger partial charge in [0.05, 0.1) is 16.9 Å². The van der Waals surface area contributed by atoms with Crippen molar-refractivity contribution in [3.05, 3.63) is 78.4 Å². The number of para-hydroxylation sites is 2. The molecule has 0 spiro atoms. The molecule has 1 heterocycles. The second-order valence-electron chi connectivity index (χ2n) is 5.42. The summed E-state index contributed by atoms with van der Waals surface area (Å²) in [7, 11) is 0. The summed E-state index contributed by atoms with van der Waals surface area (Å²) in [4.78, 5) is 3.72. The largest absolute Gasteiger partial charge is 0.416 e. The van der Waals surface area contributed by atoms with E-state index in [0.717, 1.165) is 27.2 Å². The lowest BCUT2D eigenvalue weighted by atomic mass is 10.1. The first kappa shape index (κ1) is 15.1. The van der Waals surface area contributed by atoms with Crippen LogP contribution in [0.3, 0.4) is 0 Å². The van der Waals surface area contributed by atoms with E-state index >= 15 is 0 Å². The maximum atomic E-state index is 13.2. The van der Waals surface area contributed by atoms with E-state index in [1.807, 2.05) is 59.5 Å². The molecule has 0 N–H and O–H groups in total. The zero-order valence-electron chi connectivity index (χ0n) is 12.4. The number of hydrogen-bond donors (Lipinski definition) is 0. The van der Waals surface area contributed by atoms with Gasteiger partial charge in [0.2, 0.25) is 0 Å². The average molecular weight is 343 g/mol. The second kappa shape index (κ2) is 5.60. The zero-order chi connectivity index (χ0) is 16.7. The summed E-state index contributed by atoms with van der Waals surface area (Å²) in [6, 6.07) is 21.1. The van der Waals surface area contributed by atoms with Crippen molar-refractivity contribution < 1.29 is 13.2 Å². The standard InChI is InChI=1S/C19H12F3NS/c20-19(21,22)13-10-11-18-16(12-13)23(14-6-2-1-3-7-14)15-8-4-5-9-17(15)24-18/h1-12H. The number of halogens is 3. The van der Waals surface area contributed by atoms with Crippen molar-refractivity contribution in [2.75, 3.05) is 4.90 Å². The van der Waals surface area contributed by atoms with Crippen LogP contribution in [0.4, 0.5) is 30.2 Å². The van der Waals surface area contributed by atoms with Crippen LogP contribution in [0.15, 0.2) is 82.6 Å². The Morgan fingerprint density at radius 3 is 2.12 bits per heavy atom. The van der Waals surface area contributed by atoms with E-state index in [9.17, 15) is 13.2 Å². The van der Waals surface area contributed by atoms with E-state index in [4.69, 9.17) is 0 Å². The fraction of sp³-hybridized carbons (Fsp3) is 0.0526. The van der Waals surface area contributed by atoms with Crippen LogP contribution in [0.1, 0.15) is 5.56 Å². The molecule has 0 saturated carbocycles. The fourth-order valence-electron chi connectivity index (χ4n) is 2.79. The number of fused-ring (bicyclic) bond motifs is 2. The molecule has 0 atom stereocenters. The van der Waals surface area contributed by atoms with Crippen LogP contribution in [0.5, 0.6) is 0 Å². The Morgan fingerprint density at radius 1 is 0.708 bits per heavy atom. The normalized spacial score (nSPS) is 13.4. The second-order valence-corrected chi connectivity index (χ2v) is 6.50. The summed E-state index contributed by atoms with van der Waals surface area (Å²) in [5, 5.41) is 0. The zero-order valence-corrected chi connectivity index (χ0v) is 13.2. The highest BCUT2D eigenvalue weighted by Gasteiger charge is 2.33. The number of hydrogen-bond acceptors (Lipinski definition) is 2. The van der Waals surface area contributed by atoms with Crippen molar-refractivity contribution >= 4 is 28.8 Å². The fourth-order valence-corrected chi connectivity index (χ4v) is 3.82. The van der Waals surface area contributed by atoms with Crippen LogP contribution in [-0.4, -0.2) is 0 Å². The van der Waals surface area contributed by atoms with Crippen LogP contribution >= 0.6 is 11.8 Å². The van der Waals surface area contributed by atoms with E-state index in [2.05, 4.69) is 0 Å². The van der Waals surface area contributed by atoms with Crippen molar-refractivity contribution in [2.45, 2.75) is 16.0 Å². The molecule has 0 fully saturated rings. The van der Waals surface area contributed by atoms with Crippen molar-refractivity contribution in [3.63, 3.8) is 0 Å². The molecule has 24 heavy (non-hydrogen) atoms. The third-order valence-corrected chi connectivity index (χ3v) is 5.00. The lowest BCUT2D eigenvalue weighted by Gasteiger charge is -2.33. The summed E-state index contributed by atoms with van der Waals surface area (Å²) in [5.41, 5.74) is 1.65. The minimum atomic E-state index is -4.36. The van der Waals surface area contributed by atoms with Gasteiger partial charge in [-0.25, -0.2) is 0 Å². The van der Waals surface area contributed by atoms with E-state index in [0.29, 0.717) is 5.69 Å². The Bertz CT molecular complexity index is 891. The maximum absolute atomic E-state index is 13.2. The smallest absolute Gasteiger partial charge is 0.308 e. The Kier molecular flexibility index (Phi) is 3.53. The van der Waals surface area contributed by atoms with Crippen molar-refractivity contribution in [2.24, 2.45) is 0 Å². The molecule has 0 radical (unpaired) electrons. The van der Waals surface area contributed by atoms with Crippen molar-refractivity contribution in [1.82, 2.24) is 0 Å². The molecule has 1 nitrogen and oxygen atoms in total. The topological polar surface area (TPSA) is 3.24 Å². The van der Waals surface area contributed by atoms with Crippen molar-refractivity contribution in [3.8, 4) is 0 Å². The van der Waals surface area contributed by atoms with Crippen LogP contribution in [0.25, 0.3) is 0 Å². The van der Waals surface area contributed by atoms with Gasteiger partial charge in [0.15, 0.2) is 0 Å². The van der Waals surface area contributed by atoms with Gasteiger partial charge in [-0.1, -0.05) is 42.1 Å². The monoisotopic (exact) mass is 343 g/mol. The molecule has 3 aromatic carbocycles. The summed E-state index contributed by atoms with van der Waals surface area (Å²) in [6.07, 6.45) is -4.36. The molecule has 0 aliphatic carbocycles. The van der Waals surface area contributed by atoms with Gasteiger partial charge in [-0.05, 0) is 42.5 Å². The lowest BCUT2D eigenvalue weighted by Crippen LogP contribution is -2.16. The summed E-state index contributed by atoms with van der Waals surface area (Å²) < 4.78 is 39.5. The van der Waals surface area contributed by atoms with E-state index in [-0.39, 0.29) is 0 Å². The Morgan fingerprint density at radius 2 is 1.38 bits per heavy atom. The van der Waals surface area contributed by atoms with E-state index in [1.54, 1.807) is 6.07 Å². The summed E-state index contributed by atoms with van der Waals surface area (Å²) in [6.45, 7) is 0. The van der Waals surface area contributed by atoms with Crippen LogP contribution in [-0.2, 0) is 6.18 Å². The van der Waals surface area contributed by atoms with Gasteiger partial charge in [0.25, 0.3) is 0 Å². The molecule has 0 amide bonds. The van der Waals surface area contributed by atoms with Crippen LogP contribution in [0.2, 0.25) is 0 Å².